The number of sulfonamides is 1. The molecule has 7 nitrogen and oxygen atoms in total. The SMILES string of the molecule is CC1CN(S(=O)(=O)c2ccc([N+](=O)[O-])cc2F)CCC1=O. The summed E-state index contributed by atoms with van der Waals surface area (Å²) in [5, 5.41) is 10.5. The highest BCUT2D eigenvalue weighted by atomic mass is 32.2. The van der Waals surface area contributed by atoms with Gasteiger partial charge in [-0.1, -0.05) is 6.92 Å². The van der Waals surface area contributed by atoms with Gasteiger partial charge in [-0.2, -0.15) is 4.31 Å². The summed E-state index contributed by atoms with van der Waals surface area (Å²) >= 11 is 0. The highest BCUT2D eigenvalue weighted by molar-refractivity contribution is 7.89. The van der Waals surface area contributed by atoms with E-state index in [-0.39, 0.29) is 25.3 Å². The first kappa shape index (κ1) is 15.5. The van der Waals surface area contributed by atoms with Crippen LogP contribution in [0.3, 0.4) is 0 Å². The predicted molar refractivity (Wildman–Crippen MR) is 70.6 cm³/mol. The molecule has 0 spiro atoms. The van der Waals surface area contributed by atoms with Crippen molar-refractivity contribution in [3.8, 4) is 0 Å². The third-order valence-corrected chi connectivity index (χ3v) is 5.28. The molecule has 0 aliphatic carbocycles. The second-order valence-electron chi connectivity index (χ2n) is 4.85. The number of benzene rings is 1. The van der Waals surface area contributed by atoms with Gasteiger partial charge in [-0.15, -0.1) is 0 Å². The van der Waals surface area contributed by atoms with E-state index in [1.54, 1.807) is 6.92 Å². The number of nitro benzene ring substituents is 1. The molecule has 1 aromatic carbocycles. The molecule has 1 unspecified atom stereocenters. The Morgan fingerprint density at radius 3 is 2.62 bits per heavy atom. The molecule has 1 aliphatic heterocycles. The molecule has 21 heavy (non-hydrogen) atoms. The molecule has 0 amide bonds. The lowest BCUT2D eigenvalue weighted by Crippen LogP contribution is -2.43. The Labute approximate surface area is 120 Å². The Kier molecular flexibility index (Phi) is 4.06. The molecule has 1 aromatic rings. The van der Waals surface area contributed by atoms with Crippen LogP contribution >= 0.6 is 0 Å². The molecule has 1 atom stereocenters. The number of non-ortho nitro benzene ring substituents is 1. The molecule has 114 valence electrons. The van der Waals surface area contributed by atoms with Crippen LogP contribution in [0.5, 0.6) is 0 Å². The molecule has 0 saturated carbocycles. The van der Waals surface area contributed by atoms with Gasteiger partial charge in [-0.25, -0.2) is 12.8 Å². The van der Waals surface area contributed by atoms with Gasteiger partial charge in [0.25, 0.3) is 5.69 Å². The van der Waals surface area contributed by atoms with E-state index in [1.807, 2.05) is 0 Å². The van der Waals surface area contributed by atoms with E-state index in [1.165, 1.54) is 0 Å². The maximum atomic E-state index is 13.9. The zero-order valence-corrected chi connectivity index (χ0v) is 12.0. The van der Waals surface area contributed by atoms with Gasteiger partial charge in [0, 0.05) is 31.5 Å². The van der Waals surface area contributed by atoms with Crippen molar-refractivity contribution in [2.24, 2.45) is 5.92 Å². The zero-order valence-electron chi connectivity index (χ0n) is 11.2. The molecule has 1 heterocycles. The van der Waals surface area contributed by atoms with E-state index in [9.17, 15) is 27.7 Å². The molecule has 1 fully saturated rings. The van der Waals surface area contributed by atoms with Crippen molar-refractivity contribution in [3.05, 3.63) is 34.1 Å². The van der Waals surface area contributed by atoms with E-state index in [0.717, 1.165) is 16.4 Å². The minimum Gasteiger partial charge on any atom is -0.299 e. The van der Waals surface area contributed by atoms with Crippen molar-refractivity contribution < 1.29 is 22.5 Å². The summed E-state index contributed by atoms with van der Waals surface area (Å²) in [6.45, 7) is 1.58. The van der Waals surface area contributed by atoms with Crippen molar-refractivity contribution in [2.75, 3.05) is 13.1 Å². The molecule has 9 heteroatoms. The lowest BCUT2D eigenvalue weighted by atomic mass is 10.0. The Hall–Kier alpha value is -1.87. The molecule has 0 bridgehead atoms. The summed E-state index contributed by atoms with van der Waals surface area (Å²) in [7, 11) is -4.11. The molecule has 0 radical (unpaired) electrons. The Bertz CT molecular complexity index is 704. The number of Topliss-reactive ketones (excluding diaryl/α,β-unsaturated/α-hetero) is 1. The minimum atomic E-state index is -4.11. The number of carbonyl (C=O) groups is 1. The van der Waals surface area contributed by atoms with Gasteiger partial charge < -0.3 is 0 Å². The van der Waals surface area contributed by atoms with E-state index >= 15 is 0 Å². The van der Waals surface area contributed by atoms with Crippen LogP contribution in [0.1, 0.15) is 13.3 Å². The summed E-state index contributed by atoms with van der Waals surface area (Å²) in [5.41, 5.74) is -0.520. The molecule has 0 N–H and O–H groups in total. The predicted octanol–water partition coefficient (Wildman–Crippen LogP) is 1.33. The Morgan fingerprint density at radius 1 is 1.43 bits per heavy atom. The summed E-state index contributed by atoms with van der Waals surface area (Å²) in [4.78, 5) is 20.5. The van der Waals surface area contributed by atoms with Crippen LogP contribution in [0.2, 0.25) is 0 Å². The van der Waals surface area contributed by atoms with Crippen molar-refractivity contribution in [2.45, 2.75) is 18.2 Å². The summed E-state index contributed by atoms with van der Waals surface area (Å²) in [5.74, 6) is -1.66. The maximum absolute atomic E-state index is 13.9. The zero-order chi connectivity index (χ0) is 15.8. The highest BCUT2D eigenvalue weighted by Gasteiger charge is 2.34. The van der Waals surface area contributed by atoms with Crippen LogP contribution in [-0.2, 0) is 14.8 Å². The smallest absolute Gasteiger partial charge is 0.272 e. The second-order valence-corrected chi connectivity index (χ2v) is 6.76. The minimum absolute atomic E-state index is 0.0120. The first-order valence-corrected chi connectivity index (χ1v) is 7.64. The standard InChI is InChI=1S/C12H13FN2O5S/c1-8-7-14(5-4-11(8)16)21(19,20)12-3-2-9(15(17)18)6-10(12)13/h2-3,6,8H,4-5,7H2,1H3. The molecular weight excluding hydrogens is 303 g/mol. The Balaban J connectivity index is 2.36. The number of piperidine rings is 1. The molecule has 1 aliphatic rings. The highest BCUT2D eigenvalue weighted by Crippen LogP contribution is 2.26. The lowest BCUT2D eigenvalue weighted by Gasteiger charge is -2.29. The van der Waals surface area contributed by atoms with Gasteiger partial charge in [0.2, 0.25) is 10.0 Å². The third kappa shape index (κ3) is 2.93. The quantitative estimate of drug-likeness (QED) is 0.619. The van der Waals surface area contributed by atoms with Crippen LogP contribution in [0, 0.1) is 21.8 Å². The maximum Gasteiger partial charge on any atom is 0.272 e. The number of rotatable bonds is 3. The van der Waals surface area contributed by atoms with Crippen LogP contribution in [0.25, 0.3) is 0 Å². The summed E-state index contributed by atoms with van der Waals surface area (Å²) < 4.78 is 39.6. The van der Waals surface area contributed by atoms with Gasteiger partial charge in [0.05, 0.1) is 11.0 Å². The van der Waals surface area contributed by atoms with Crippen molar-refractivity contribution in [1.82, 2.24) is 4.31 Å². The third-order valence-electron chi connectivity index (χ3n) is 3.38. The first-order chi connectivity index (χ1) is 9.73. The van der Waals surface area contributed by atoms with Crippen LogP contribution in [0.15, 0.2) is 23.1 Å². The molecule has 1 saturated heterocycles. The van der Waals surface area contributed by atoms with Crippen molar-refractivity contribution in [1.29, 1.82) is 0 Å². The largest absolute Gasteiger partial charge is 0.299 e. The van der Waals surface area contributed by atoms with Crippen molar-refractivity contribution >= 4 is 21.5 Å². The van der Waals surface area contributed by atoms with E-state index in [4.69, 9.17) is 0 Å². The van der Waals surface area contributed by atoms with Gasteiger partial charge in [-0.3, -0.25) is 14.9 Å². The molecule has 0 aromatic heterocycles. The van der Waals surface area contributed by atoms with Gasteiger partial charge in [0.15, 0.2) is 0 Å². The normalized spacial score (nSPS) is 20.5. The fraction of sp³-hybridized carbons (Fsp3) is 0.417. The van der Waals surface area contributed by atoms with Gasteiger partial charge >= 0.3 is 0 Å². The number of halogens is 1. The van der Waals surface area contributed by atoms with Crippen LogP contribution < -0.4 is 0 Å². The monoisotopic (exact) mass is 316 g/mol. The summed E-state index contributed by atoms with van der Waals surface area (Å²) in [6.07, 6.45) is 0.0784. The van der Waals surface area contributed by atoms with Crippen LogP contribution in [-0.4, -0.2) is 36.5 Å². The number of hydrogen-bond acceptors (Lipinski definition) is 5. The fourth-order valence-electron chi connectivity index (χ4n) is 2.15. The van der Waals surface area contributed by atoms with E-state index < -0.39 is 37.3 Å². The number of nitro groups is 1. The topological polar surface area (TPSA) is 97.6 Å². The molecular formula is C12H13FN2O5S. The molecule has 2 rings (SSSR count). The van der Waals surface area contributed by atoms with Crippen LogP contribution in [0.4, 0.5) is 10.1 Å². The van der Waals surface area contributed by atoms with E-state index in [0.29, 0.717) is 6.07 Å². The van der Waals surface area contributed by atoms with Crippen molar-refractivity contribution in [3.63, 3.8) is 0 Å². The fourth-order valence-corrected chi connectivity index (χ4v) is 3.72. The number of nitrogens with zero attached hydrogens (tertiary/aromatic N) is 2. The first-order valence-electron chi connectivity index (χ1n) is 6.20. The average molecular weight is 316 g/mol. The lowest BCUT2D eigenvalue weighted by molar-refractivity contribution is -0.385. The van der Waals surface area contributed by atoms with E-state index in [2.05, 4.69) is 0 Å². The number of ketones is 1. The Morgan fingerprint density at radius 2 is 2.10 bits per heavy atom. The van der Waals surface area contributed by atoms with Gasteiger partial charge in [0.1, 0.15) is 16.5 Å². The summed E-state index contributed by atoms with van der Waals surface area (Å²) in [6, 6.07) is 2.39. The number of hydrogen-bond donors (Lipinski definition) is 0. The average Bonchev–Trinajstić information content (AvgIpc) is 2.41. The second kappa shape index (κ2) is 5.49. The van der Waals surface area contributed by atoms with Gasteiger partial charge in [-0.05, 0) is 6.07 Å². The number of carbonyl (C=O) groups excluding carboxylic acids is 1.